The summed E-state index contributed by atoms with van der Waals surface area (Å²) in [5.74, 6) is 0.813. The number of ether oxygens (including phenoxy) is 2. The number of rotatable bonds is 8. The molecule has 28 heavy (non-hydrogen) atoms. The van der Waals surface area contributed by atoms with Crippen molar-refractivity contribution in [2.45, 2.75) is 13.0 Å². The van der Waals surface area contributed by atoms with Gasteiger partial charge in [0, 0.05) is 19.7 Å². The number of carbonyl (C=O) groups excluding carboxylic acids is 1. The van der Waals surface area contributed by atoms with E-state index in [0.717, 1.165) is 11.1 Å². The lowest BCUT2D eigenvalue weighted by molar-refractivity contribution is -0.124. The second-order valence-electron chi connectivity index (χ2n) is 6.35. The van der Waals surface area contributed by atoms with Crippen molar-refractivity contribution in [1.82, 2.24) is 4.90 Å². The Labute approximate surface area is 166 Å². The van der Waals surface area contributed by atoms with Crippen LogP contribution in [0.4, 0.5) is 0 Å². The molecule has 1 amide bonds. The molecule has 0 radical (unpaired) electrons. The molecule has 0 heterocycles. The van der Waals surface area contributed by atoms with E-state index in [9.17, 15) is 10.1 Å². The Hall–Kier alpha value is -3.52. The van der Waals surface area contributed by atoms with Gasteiger partial charge in [0.2, 0.25) is 0 Å². The molecule has 0 bridgehead atoms. The van der Waals surface area contributed by atoms with Crippen LogP contribution in [0.15, 0.2) is 60.7 Å². The fourth-order valence-corrected chi connectivity index (χ4v) is 2.67. The number of benzene rings is 2. The summed E-state index contributed by atoms with van der Waals surface area (Å²) in [5.41, 5.74) is 2.65. The predicted octanol–water partition coefficient (Wildman–Crippen LogP) is 4.00. The summed E-state index contributed by atoms with van der Waals surface area (Å²) in [7, 11) is 4.78. The number of nitrogens with zero attached hydrogens (tertiary/aromatic N) is 2. The lowest BCUT2D eigenvalue weighted by atomic mass is 10.0. The summed E-state index contributed by atoms with van der Waals surface area (Å²) in [6.45, 7) is 4.21. The zero-order valence-electron chi connectivity index (χ0n) is 16.4. The average Bonchev–Trinajstić information content (AvgIpc) is 2.71. The van der Waals surface area contributed by atoms with Crippen molar-refractivity contribution in [1.29, 1.82) is 5.26 Å². The zero-order chi connectivity index (χ0) is 20.5. The van der Waals surface area contributed by atoms with Crippen LogP contribution < -0.4 is 9.47 Å². The number of methoxy groups -OCH3 is 1. The first-order chi connectivity index (χ1) is 13.5. The van der Waals surface area contributed by atoms with Gasteiger partial charge in [0.25, 0.3) is 5.91 Å². The number of hydrogen-bond donors (Lipinski definition) is 0. The largest absolute Gasteiger partial charge is 0.493 e. The molecule has 0 unspecified atom stereocenters. The molecule has 0 fully saturated rings. The van der Waals surface area contributed by atoms with Crippen LogP contribution in [0.25, 0.3) is 6.08 Å². The van der Waals surface area contributed by atoms with Crippen molar-refractivity contribution in [2.75, 3.05) is 21.2 Å². The molecule has 0 aliphatic heterocycles. The first kappa shape index (κ1) is 20.8. The van der Waals surface area contributed by atoms with E-state index >= 15 is 0 Å². The Kier molecular flexibility index (Phi) is 7.41. The minimum atomic E-state index is -0.351. The highest BCUT2D eigenvalue weighted by atomic mass is 16.5. The molecule has 2 rings (SSSR count). The minimum absolute atomic E-state index is 0.0505. The van der Waals surface area contributed by atoms with E-state index in [1.54, 1.807) is 39.4 Å². The van der Waals surface area contributed by atoms with Crippen molar-refractivity contribution in [2.24, 2.45) is 0 Å². The highest BCUT2D eigenvalue weighted by molar-refractivity contribution is 6.01. The molecule has 0 spiro atoms. The Morgan fingerprint density at radius 3 is 2.54 bits per heavy atom. The van der Waals surface area contributed by atoms with E-state index in [0.29, 0.717) is 30.1 Å². The number of hydrogen-bond acceptors (Lipinski definition) is 4. The smallest absolute Gasteiger partial charge is 0.264 e. The van der Waals surface area contributed by atoms with Gasteiger partial charge in [-0.15, -0.1) is 6.58 Å². The quantitative estimate of drug-likeness (QED) is 0.397. The minimum Gasteiger partial charge on any atom is -0.493 e. The van der Waals surface area contributed by atoms with Gasteiger partial charge in [-0.3, -0.25) is 4.79 Å². The standard InChI is InChI=1S/C23H24N2O3/c1-5-9-19-12-18(13-20(15-24)23(26)25(2)3)14-21(27-4)22(19)28-16-17-10-7-6-8-11-17/h5-8,10-14H,1,9,16H2,2-4H3/b20-13-. The number of allylic oxidation sites excluding steroid dienone is 1. The van der Waals surface area contributed by atoms with Crippen molar-refractivity contribution < 1.29 is 14.3 Å². The molecule has 2 aromatic rings. The maximum atomic E-state index is 12.1. The van der Waals surface area contributed by atoms with Crippen LogP contribution in [0.2, 0.25) is 0 Å². The van der Waals surface area contributed by atoms with Crippen LogP contribution in [0.5, 0.6) is 11.5 Å². The normalized spacial score (nSPS) is 10.7. The summed E-state index contributed by atoms with van der Waals surface area (Å²) in [5, 5.41) is 9.33. The van der Waals surface area contributed by atoms with E-state index in [-0.39, 0.29) is 11.5 Å². The highest BCUT2D eigenvalue weighted by Gasteiger charge is 2.15. The topological polar surface area (TPSA) is 62.6 Å². The van der Waals surface area contributed by atoms with Crippen molar-refractivity contribution >= 4 is 12.0 Å². The van der Waals surface area contributed by atoms with Crippen LogP contribution in [0.3, 0.4) is 0 Å². The van der Waals surface area contributed by atoms with Crippen molar-refractivity contribution in [3.05, 3.63) is 77.4 Å². The Balaban J connectivity index is 2.43. The van der Waals surface area contributed by atoms with E-state index in [1.165, 1.54) is 4.90 Å². The van der Waals surface area contributed by atoms with Gasteiger partial charge >= 0.3 is 0 Å². The molecule has 0 aromatic heterocycles. The number of amides is 1. The van der Waals surface area contributed by atoms with Crippen LogP contribution >= 0.6 is 0 Å². The van der Waals surface area contributed by atoms with Crippen LogP contribution in [-0.2, 0) is 17.8 Å². The zero-order valence-corrected chi connectivity index (χ0v) is 16.4. The van der Waals surface area contributed by atoms with E-state index in [4.69, 9.17) is 9.47 Å². The predicted molar refractivity (Wildman–Crippen MR) is 110 cm³/mol. The second-order valence-corrected chi connectivity index (χ2v) is 6.35. The molecular formula is C23H24N2O3. The van der Waals surface area contributed by atoms with Crippen LogP contribution in [0.1, 0.15) is 16.7 Å². The molecule has 5 nitrogen and oxygen atoms in total. The summed E-state index contributed by atoms with van der Waals surface area (Å²) in [6, 6.07) is 15.4. The summed E-state index contributed by atoms with van der Waals surface area (Å²) in [6.07, 6.45) is 3.89. The summed E-state index contributed by atoms with van der Waals surface area (Å²) < 4.78 is 11.6. The third-order valence-corrected chi connectivity index (χ3v) is 4.03. The SMILES string of the molecule is C=CCc1cc(/C=C(/C#N)C(=O)N(C)C)cc(OC)c1OCc1ccccc1. The van der Waals surface area contributed by atoms with Crippen LogP contribution in [0, 0.1) is 11.3 Å². The first-order valence-corrected chi connectivity index (χ1v) is 8.82. The molecule has 144 valence electrons. The molecule has 2 aromatic carbocycles. The summed E-state index contributed by atoms with van der Waals surface area (Å²) in [4.78, 5) is 13.5. The Morgan fingerprint density at radius 1 is 1.25 bits per heavy atom. The second kappa shape index (κ2) is 9.98. The third-order valence-electron chi connectivity index (χ3n) is 4.03. The molecule has 0 saturated heterocycles. The van der Waals surface area contributed by atoms with Gasteiger partial charge in [0.1, 0.15) is 18.2 Å². The van der Waals surface area contributed by atoms with E-state index < -0.39 is 0 Å². The fraction of sp³-hybridized carbons (Fsp3) is 0.217. The van der Waals surface area contributed by atoms with Crippen LogP contribution in [-0.4, -0.2) is 32.0 Å². The lowest BCUT2D eigenvalue weighted by Crippen LogP contribution is -2.22. The number of nitriles is 1. The van der Waals surface area contributed by atoms with Gasteiger partial charge in [0.05, 0.1) is 7.11 Å². The molecule has 0 atom stereocenters. The highest BCUT2D eigenvalue weighted by Crippen LogP contribution is 2.35. The molecule has 5 heteroatoms. The van der Waals surface area contributed by atoms with E-state index in [2.05, 4.69) is 6.58 Å². The van der Waals surface area contributed by atoms with Gasteiger partial charge in [-0.1, -0.05) is 36.4 Å². The van der Waals surface area contributed by atoms with Gasteiger partial charge in [-0.25, -0.2) is 0 Å². The Bertz CT molecular complexity index is 909. The van der Waals surface area contributed by atoms with E-state index in [1.807, 2.05) is 42.5 Å². The van der Waals surface area contributed by atoms with Gasteiger partial charge in [-0.2, -0.15) is 5.26 Å². The first-order valence-electron chi connectivity index (χ1n) is 8.82. The van der Waals surface area contributed by atoms with Gasteiger partial charge in [0.15, 0.2) is 11.5 Å². The molecular weight excluding hydrogens is 352 g/mol. The van der Waals surface area contributed by atoms with Gasteiger partial charge < -0.3 is 14.4 Å². The summed E-state index contributed by atoms with van der Waals surface area (Å²) >= 11 is 0. The Morgan fingerprint density at radius 2 is 1.96 bits per heavy atom. The molecule has 0 saturated carbocycles. The maximum Gasteiger partial charge on any atom is 0.264 e. The monoisotopic (exact) mass is 376 g/mol. The maximum absolute atomic E-state index is 12.1. The van der Waals surface area contributed by atoms with Crippen molar-refractivity contribution in [3.8, 4) is 17.6 Å². The molecule has 0 aliphatic rings. The van der Waals surface area contributed by atoms with Crippen molar-refractivity contribution in [3.63, 3.8) is 0 Å². The lowest BCUT2D eigenvalue weighted by Gasteiger charge is -2.16. The molecule has 0 aliphatic carbocycles. The molecule has 0 N–H and O–H groups in total. The average molecular weight is 376 g/mol. The number of likely N-dealkylation sites (N-methyl/N-ethyl adjacent to an activating group) is 1. The third kappa shape index (κ3) is 5.24. The number of carbonyl (C=O) groups is 1. The van der Waals surface area contributed by atoms with Gasteiger partial charge in [-0.05, 0) is 35.8 Å². The fourth-order valence-electron chi connectivity index (χ4n) is 2.67.